The van der Waals surface area contributed by atoms with Crippen molar-refractivity contribution in [1.29, 1.82) is 0 Å². The summed E-state index contributed by atoms with van der Waals surface area (Å²) in [4.78, 5) is 33.1. The van der Waals surface area contributed by atoms with Crippen LogP contribution in [-0.4, -0.2) is 59.8 Å². The van der Waals surface area contributed by atoms with E-state index in [0.29, 0.717) is 10.7 Å². The standard InChI is InChI=1S/C17H20N4O2S/c1-20-6-8-21(9-7-20)16(23)12-4-5-13-14(10-12)24-17(18-13)19-15(22)11-2-3-11/h4-5,10-11H,2-3,6-9H2,1H3,(H,18,19,22). The van der Waals surface area contributed by atoms with Crippen molar-refractivity contribution in [1.82, 2.24) is 14.8 Å². The van der Waals surface area contributed by atoms with E-state index in [1.807, 2.05) is 23.1 Å². The number of hydrogen-bond donors (Lipinski definition) is 1. The van der Waals surface area contributed by atoms with Crippen LogP contribution in [0.2, 0.25) is 0 Å². The van der Waals surface area contributed by atoms with E-state index in [1.54, 1.807) is 0 Å². The number of benzene rings is 1. The Morgan fingerprint density at radius 2 is 1.96 bits per heavy atom. The molecule has 0 unspecified atom stereocenters. The highest BCUT2D eigenvalue weighted by molar-refractivity contribution is 7.22. The Kier molecular flexibility index (Phi) is 3.97. The quantitative estimate of drug-likeness (QED) is 0.925. The lowest BCUT2D eigenvalue weighted by Crippen LogP contribution is -2.47. The number of carbonyl (C=O) groups excluding carboxylic acids is 2. The minimum absolute atomic E-state index is 0.0581. The van der Waals surface area contributed by atoms with Crippen LogP contribution in [0.4, 0.5) is 5.13 Å². The first-order chi connectivity index (χ1) is 11.6. The highest BCUT2D eigenvalue weighted by atomic mass is 32.1. The third kappa shape index (κ3) is 3.14. The van der Waals surface area contributed by atoms with Gasteiger partial charge >= 0.3 is 0 Å². The Balaban J connectivity index is 1.51. The minimum atomic E-state index is 0.0581. The Morgan fingerprint density at radius 3 is 2.67 bits per heavy atom. The van der Waals surface area contributed by atoms with Gasteiger partial charge in [0.05, 0.1) is 10.2 Å². The number of piperazine rings is 1. The first-order valence-corrected chi connectivity index (χ1v) is 9.11. The highest BCUT2D eigenvalue weighted by Gasteiger charge is 2.30. The third-order valence-electron chi connectivity index (χ3n) is 4.60. The van der Waals surface area contributed by atoms with Crippen LogP contribution in [0.25, 0.3) is 10.2 Å². The summed E-state index contributed by atoms with van der Waals surface area (Å²) in [6.45, 7) is 3.34. The predicted octanol–water partition coefficient (Wildman–Crippen LogP) is 2.03. The summed E-state index contributed by atoms with van der Waals surface area (Å²) in [6, 6.07) is 5.58. The van der Waals surface area contributed by atoms with Crippen LogP contribution in [-0.2, 0) is 4.79 Å². The minimum Gasteiger partial charge on any atom is -0.336 e. The van der Waals surface area contributed by atoms with Crippen LogP contribution >= 0.6 is 11.3 Å². The van der Waals surface area contributed by atoms with Crippen LogP contribution in [0.3, 0.4) is 0 Å². The maximum Gasteiger partial charge on any atom is 0.253 e. The molecular weight excluding hydrogens is 324 g/mol. The molecule has 0 bridgehead atoms. The molecule has 2 amide bonds. The fourth-order valence-electron chi connectivity index (χ4n) is 2.86. The number of hydrogen-bond acceptors (Lipinski definition) is 5. The van der Waals surface area contributed by atoms with Crippen LogP contribution in [0.5, 0.6) is 0 Å². The van der Waals surface area contributed by atoms with Crippen molar-refractivity contribution in [3.63, 3.8) is 0 Å². The number of nitrogens with one attached hydrogen (secondary N) is 1. The molecule has 0 radical (unpaired) electrons. The molecule has 1 saturated carbocycles. The second-order valence-electron chi connectivity index (χ2n) is 6.56. The molecule has 2 aromatic rings. The molecule has 4 rings (SSSR count). The SMILES string of the molecule is CN1CCN(C(=O)c2ccc3nc(NC(=O)C4CC4)sc3c2)CC1. The Bertz CT molecular complexity index is 791. The van der Waals surface area contributed by atoms with Gasteiger partial charge in [0, 0.05) is 37.7 Å². The molecule has 1 aromatic heterocycles. The monoisotopic (exact) mass is 344 g/mol. The molecule has 2 heterocycles. The van der Waals surface area contributed by atoms with Crippen molar-refractivity contribution in [2.45, 2.75) is 12.8 Å². The van der Waals surface area contributed by atoms with Gasteiger partial charge in [0.1, 0.15) is 0 Å². The van der Waals surface area contributed by atoms with Crippen LogP contribution in [0.1, 0.15) is 23.2 Å². The summed E-state index contributed by atoms with van der Waals surface area (Å²) in [7, 11) is 2.07. The molecule has 1 aliphatic carbocycles. The zero-order valence-electron chi connectivity index (χ0n) is 13.6. The highest BCUT2D eigenvalue weighted by Crippen LogP contribution is 2.32. The second kappa shape index (κ2) is 6.14. The number of likely N-dealkylation sites (N-methyl/N-ethyl adjacent to an activating group) is 1. The number of fused-ring (bicyclic) bond motifs is 1. The van der Waals surface area contributed by atoms with Gasteiger partial charge in [-0.2, -0.15) is 0 Å². The summed E-state index contributed by atoms with van der Waals surface area (Å²) in [5.74, 6) is 0.288. The summed E-state index contributed by atoms with van der Waals surface area (Å²) in [6.07, 6.45) is 1.95. The number of rotatable bonds is 3. The van der Waals surface area contributed by atoms with E-state index in [2.05, 4.69) is 22.2 Å². The molecule has 1 N–H and O–H groups in total. The average molecular weight is 344 g/mol. The number of amides is 2. The maximum atomic E-state index is 12.7. The number of thiazole rings is 1. The second-order valence-corrected chi connectivity index (χ2v) is 7.59. The lowest BCUT2D eigenvalue weighted by molar-refractivity contribution is -0.117. The summed E-state index contributed by atoms with van der Waals surface area (Å²) in [5.41, 5.74) is 1.51. The Labute approximate surface area is 144 Å². The first kappa shape index (κ1) is 15.5. The number of aromatic nitrogens is 1. The lowest BCUT2D eigenvalue weighted by Gasteiger charge is -2.32. The van der Waals surface area contributed by atoms with Crippen LogP contribution in [0.15, 0.2) is 18.2 Å². The molecule has 1 aliphatic heterocycles. The van der Waals surface area contributed by atoms with Gasteiger partial charge in [0.2, 0.25) is 5.91 Å². The molecule has 0 spiro atoms. The molecule has 2 aliphatic rings. The number of nitrogens with zero attached hydrogens (tertiary/aromatic N) is 3. The van der Waals surface area contributed by atoms with Crippen molar-refractivity contribution in [2.24, 2.45) is 5.92 Å². The van der Waals surface area contributed by atoms with Gasteiger partial charge < -0.3 is 15.1 Å². The van der Waals surface area contributed by atoms with Crippen molar-refractivity contribution >= 4 is 38.5 Å². The van der Waals surface area contributed by atoms with Crippen LogP contribution in [0, 0.1) is 5.92 Å². The van der Waals surface area contributed by atoms with E-state index in [-0.39, 0.29) is 17.7 Å². The third-order valence-corrected chi connectivity index (χ3v) is 5.54. The van der Waals surface area contributed by atoms with Gasteiger partial charge in [-0.1, -0.05) is 11.3 Å². The molecule has 6 nitrogen and oxygen atoms in total. The van der Waals surface area contributed by atoms with E-state index in [9.17, 15) is 9.59 Å². The van der Waals surface area contributed by atoms with E-state index in [0.717, 1.165) is 49.2 Å². The molecule has 126 valence electrons. The fourth-order valence-corrected chi connectivity index (χ4v) is 3.76. The maximum absolute atomic E-state index is 12.7. The average Bonchev–Trinajstić information content (AvgIpc) is 3.35. The van der Waals surface area contributed by atoms with E-state index in [1.165, 1.54) is 11.3 Å². The molecule has 1 saturated heterocycles. The normalized spacial score (nSPS) is 18.8. The fraction of sp³-hybridized carbons (Fsp3) is 0.471. The number of carbonyl (C=O) groups is 2. The zero-order valence-corrected chi connectivity index (χ0v) is 14.4. The Morgan fingerprint density at radius 1 is 1.21 bits per heavy atom. The van der Waals surface area contributed by atoms with Crippen molar-refractivity contribution in [3.8, 4) is 0 Å². The zero-order chi connectivity index (χ0) is 16.7. The largest absolute Gasteiger partial charge is 0.336 e. The number of anilines is 1. The Hall–Kier alpha value is -1.99. The summed E-state index contributed by atoms with van der Waals surface area (Å²) in [5, 5.41) is 3.49. The van der Waals surface area contributed by atoms with Gasteiger partial charge in [0.15, 0.2) is 5.13 Å². The van der Waals surface area contributed by atoms with E-state index in [4.69, 9.17) is 0 Å². The lowest BCUT2D eigenvalue weighted by atomic mass is 10.1. The summed E-state index contributed by atoms with van der Waals surface area (Å²) >= 11 is 1.43. The molecule has 24 heavy (non-hydrogen) atoms. The van der Waals surface area contributed by atoms with Crippen molar-refractivity contribution in [3.05, 3.63) is 23.8 Å². The van der Waals surface area contributed by atoms with E-state index >= 15 is 0 Å². The van der Waals surface area contributed by atoms with Crippen LogP contribution < -0.4 is 5.32 Å². The van der Waals surface area contributed by atoms with Gasteiger partial charge in [-0.3, -0.25) is 9.59 Å². The van der Waals surface area contributed by atoms with E-state index < -0.39 is 0 Å². The molecule has 2 fully saturated rings. The molecule has 0 atom stereocenters. The first-order valence-electron chi connectivity index (χ1n) is 8.29. The van der Waals surface area contributed by atoms with Crippen molar-refractivity contribution < 1.29 is 9.59 Å². The summed E-state index contributed by atoms with van der Waals surface area (Å²) < 4.78 is 0.932. The van der Waals surface area contributed by atoms with Gasteiger partial charge in [-0.15, -0.1) is 0 Å². The van der Waals surface area contributed by atoms with Gasteiger partial charge in [-0.05, 0) is 38.1 Å². The predicted molar refractivity (Wildman–Crippen MR) is 94.4 cm³/mol. The molecule has 7 heteroatoms. The smallest absolute Gasteiger partial charge is 0.253 e. The van der Waals surface area contributed by atoms with Gasteiger partial charge in [-0.25, -0.2) is 4.98 Å². The molecule has 1 aromatic carbocycles. The van der Waals surface area contributed by atoms with Crippen molar-refractivity contribution in [2.75, 3.05) is 38.5 Å². The molecular formula is C17H20N4O2S. The topological polar surface area (TPSA) is 65.5 Å². The van der Waals surface area contributed by atoms with Gasteiger partial charge in [0.25, 0.3) is 5.91 Å².